The number of nitrogens with zero attached hydrogens (tertiary/aromatic N) is 2. The Morgan fingerprint density at radius 3 is 3.00 bits per heavy atom. The lowest BCUT2D eigenvalue weighted by molar-refractivity contribution is 0.956. The van der Waals surface area contributed by atoms with Gasteiger partial charge < -0.3 is 10.7 Å². The number of nitrogens with one attached hydrogen (secondary N) is 1. The van der Waals surface area contributed by atoms with Gasteiger partial charge in [-0.1, -0.05) is 0 Å². The zero-order valence-corrected chi connectivity index (χ0v) is 6.83. The quantitative estimate of drug-likeness (QED) is 0.649. The summed E-state index contributed by atoms with van der Waals surface area (Å²) in [5, 5.41) is 0. The fraction of sp³-hybridized carbons (Fsp3) is 0.250. The monoisotopic (exact) mass is 162 g/mol. The van der Waals surface area contributed by atoms with E-state index in [-0.39, 0.29) is 0 Å². The largest absolute Gasteiger partial charge is 0.340 e. The molecule has 12 heavy (non-hydrogen) atoms. The molecule has 0 aliphatic heterocycles. The zero-order valence-electron chi connectivity index (χ0n) is 6.83. The first-order valence-corrected chi connectivity index (χ1v) is 3.82. The van der Waals surface area contributed by atoms with Gasteiger partial charge in [0.2, 0.25) is 0 Å². The minimum atomic E-state index is 0.426. The van der Waals surface area contributed by atoms with E-state index >= 15 is 0 Å². The van der Waals surface area contributed by atoms with Crippen molar-refractivity contribution in [3.8, 4) is 0 Å². The van der Waals surface area contributed by atoms with Crippen molar-refractivity contribution in [2.75, 3.05) is 0 Å². The maximum absolute atomic E-state index is 5.43. The zero-order chi connectivity index (χ0) is 8.55. The predicted octanol–water partition coefficient (Wildman–Crippen LogP) is 0.725. The Bertz CT molecular complexity index is 404. The molecule has 0 radical (unpaired) electrons. The fourth-order valence-electron chi connectivity index (χ4n) is 1.13. The number of hydrogen-bond donors (Lipinski definition) is 2. The van der Waals surface area contributed by atoms with Crippen LogP contribution < -0.4 is 5.73 Å². The highest BCUT2D eigenvalue weighted by Crippen LogP contribution is 2.08. The third kappa shape index (κ3) is 1.06. The number of hydrogen-bond acceptors (Lipinski definition) is 3. The van der Waals surface area contributed by atoms with Crippen LogP contribution in [0.2, 0.25) is 0 Å². The van der Waals surface area contributed by atoms with Crippen LogP contribution >= 0.6 is 0 Å². The van der Waals surface area contributed by atoms with Gasteiger partial charge >= 0.3 is 0 Å². The van der Waals surface area contributed by atoms with E-state index in [2.05, 4.69) is 15.0 Å². The summed E-state index contributed by atoms with van der Waals surface area (Å²) in [6.07, 6.45) is 0. The maximum Gasteiger partial charge on any atom is 0.177 e. The Morgan fingerprint density at radius 2 is 2.25 bits per heavy atom. The smallest absolute Gasteiger partial charge is 0.177 e. The van der Waals surface area contributed by atoms with Crippen LogP contribution in [-0.2, 0) is 6.54 Å². The van der Waals surface area contributed by atoms with Gasteiger partial charge in [0.1, 0.15) is 5.82 Å². The van der Waals surface area contributed by atoms with Gasteiger partial charge in [-0.15, -0.1) is 0 Å². The summed E-state index contributed by atoms with van der Waals surface area (Å²) >= 11 is 0. The van der Waals surface area contributed by atoms with Gasteiger partial charge in [0, 0.05) is 5.69 Å². The third-order valence-corrected chi connectivity index (χ3v) is 1.73. The lowest BCUT2D eigenvalue weighted by atomic mass is 10.4. The first-order valence-electron chi connectivity index (χ1n) is 3.82. The molecule has 2 heterocycles. The molecule has 0 bridgehead atoms. The molecule has 2 aromatic rings. The molecular formula is C8H10N4. The van der Waals surface area contributed by atoms with Gasteiger partial charge in [-0.05, 0) is 19.1 Å². The van der Waals surface area contributed by atoms with E-state index in [1.54, 1.807) is 0 Å². The minimum Gasteiger partial charge on any atom is -0.340 e. The molecule has 0 aliphatic carbocycles. The Labute approximate surface area is 69.8 Å². The van der Waals surface area contributed by atoms with Crippen molar-refractivity contribution < 1.29 is 0 Å². The van der Waals surface area contributed by atoms with Crippen molar-refractivity contribution in [2.24, 2.45) is 5.73 Å². The fourth-order valence-corrected chi connectivity index (χ4v) is 1.13. The lowest BCUT2D eigenvalue weighted by Crippen LogP contribution is -1.97. The second-order valence-electron chi connectivity index (χ2n) is 2.71. The molecule has 2 rings (SSSR count). The summed E-state index contributed by atoms with van der Waals surface area (Å²) in [4.78, 5) is 11.5. The Balaban J connectivity index is 2.67. The molecule has 0 aliphatic rings. The predicted molar refractivity (Wildman–Crippen MR) is 46.5 cm³/mol. The molecule has 4 heteroatoms. The second-order valence-corrected chi connectivity index (χ2v) is 2.71. The van der Waals surface area contributed by atoms with Crippen LogP contribution in [0.3, 0.4) is 0 Å². The number of H-pyrrole nitrogens is 1. The van der Waals surface area contributed by atoms with Crippen LogP contribution in [0, 0.1) is 6.92 Å². The van der Waals surface area contributed by atoms with Crippen molar-refractivity contribution in [3.63, 3.8) is 0 Å². The number of pyridine rings is 1. The summed E-state index contributed by atoms with van der Waals surface area (Å²) in [6.45, 7) is 2.37. The number of nitrogens with two attached hydrogens (primary N) is 1. The van der Waals surface area contributed by atoms with Crippen molar-refractivity contribution in [2.45, 2.75) is 13.5 Å². The minimum absolute atomic E-state index is 0.426. The summed E-state index contributed by atoms with van der Waals surface area (Å²) < 4.78 is 0. The number of aryl methyl sites for hydroxylation is 1. The highest BCUT2D eigenvalue weighted by molar-refractivity contribution is 5.70. The molecule has 0 aromatic carbocycles. The molecule has 0 spiro atoms. The molecule has 0 fully saturated rings. The molecular weight excluding hydrogens is 152 g/mol. The SMILES string of the molecule is Cc1ccc2[nH]c(CN)nc2n1. The van der Waals surface area contributed by atoms with Gasteiger partial charge in [-0.2, -0.15) is 0 Å². The molecule has 0 amide bonds. The van der Waals surface area contributed by atoms with E-state index in [0.29, 0.717) is 6.54 Å². The van der Waals surface area contributed by atoms with Crippen molar-refractivity contribution in [1.29, 1.82) is 0 Å². The second kappa shape index (κ2) is 2.57. The van der Waals surface area contributed by atoms with E-state index in [1.165, 1.54) is 0 Å². The van der Waals surface area contributed by atoms with Gasteiger partial charge in [-0.3, -0.25) is 0 Å². The summed E-state index contributed by atoms with van der Waals surface area (Å²) in [5.41, 5.74) is 8.09. The molecule has 2 aromatic heterocycles. The van der Waals surface area contributed by atoms with Crippen LogP contribution in [0.25, 0.3) is 11.2 Å². The first kappa shape index (κ1) is 7.24. The molecule has 0 unspecified atom stereocenters. The molecule has 62 valence electrons. The molecule has 0 saturated heterocycles. The van der Waals surface area contributed by atoms with Gasteiger partial charge in [-0.25, -0.2) is 9.97 Å². The van der Waals surface area contributed by atoms with E-state index < -0.39 is 0 Å². The van der Waals surface area contributed by atoms with Crippen LogP contribution in [0.15, 0.2) is 12.1 Å². The van der Waals surface area contributed by atoms with Gasteiger partial charge in [0.05, 0.1) is 12.1 Å². The van der Waals surface area contributed by atoms with Crippen LogP contribution in [0.5, 0.6) is 0 Å². The highest BCUT2D eigenvalue weighted by atomic mass is 15.0. The number of rotatable bonds is 1. The molecule has 3 N–H and O–H groups in total. The average Bonchev–Trinajstić information content (AvgIpc) is 2.46. The van der Waals surface area contributed by atoms with Crippen molar-refractivity contribution >= 4 is 11.2 Å². The Morgan fingerprint density at radius 1 is 1.42 bits per heavy atom. The third-order valence-electron chi connectivity index (χ3n) is 1.73. The maximum atomic E-state index is 5.43. The highest BCUT2D eigenvalue weighted by Gasteiger charge is 2.00. The Kier molecular flexibility index (Phi) is 1.55. The van der Waals surface area contributed by atoms with Gasteiger partial charge in [0.15, 0.2) is 5.65 Å². The van der Waals surface area contributed by atoms with Crippen molar-refractivity contribution in [3.05, 3.63) is 23.7 Å². The van der Waals surface area contributed by atoms with E-state index in [0.717, 1.165) is 22.7 Å². The molecule has 4 nitrogen and oxygen atoms in total. The number of fused-ring (bicyclic) bond motifs is 1. The Hall–Kier alpha value is -1.42. The topological polar surface area (TPSA) is 67.6 Å². The summed E-state index contributed by atoms with van der Waals surface area (Å²) in [7, 11) is 0. The first-order chi connectivity index (χ1) is 5.79. The van der Waals surface area contributed by atoms with Crippen LogP contribution in [-0.4, -0.2) is 15.0 Å². The summed E-state index contributed by atoms with van der Waals surface area (Å²) in [5.74, 6) is 0.781. The summed E-state index contributed by atoms with van der Waals surface area (Å²) in [6, 6.07) is 3.91. The number of imidazole rings is 1. The van der Waals surface area contributed by atoms with E-state index in [4.69, 9.17) is 5.73 Å². The average molecular weight is 162 g/mol. The van der Waals surface area contributed by atoms with Crippen LogP contribution in [0.1, 0.15) is 11.5 Å². The lowest BCUT2D eigenvalue weighted by Gasteiger charge is -1.88. The normalized spacial score (nSPS) is 10.8. The standard InChI is InChI=1S/C8H10N4/c1-5-2-3-6-8(10-5)12-7(4-9)11-6/h2-3H,4,9H2,1H3,(H,10,11,12). The van der Waals surface area contributed by atoms with Crippen molar-refractivity contribution in [1.82, 2.24) is 15.0 Å². The molecule has 0 saturated carbocycles. The van der Waals surface area contributed by atoms with E-state index in [9.17, 15) is 0 Å². The number of aromatic amines is 1. The van der Waals surface area contributed by atoms with Gasteiger partial charge in [0.25, 0.3) is 0 Å². The van der Waals surface area contributed by atoms with Crippen LogP contribution in [0.4, 0.5) is 0 Å². The number of aromatic nitrogens is 3. The van der Waals surface area contributed by atoms with E-state index in [1.807, 2.05) is 19.1 Å². The molecule has 0 atom stereocenters.